The summed E-state index contributed by atoms with van der Waals surface area (Å²) in [4.78, 5) is 24.7. The van der Waals surface area contributed by atoms with Crippen molar-refractivity contribution in [2.45, 2.75) is 95.6 Å². The Morgan fingerprint density at radius 3 is 1.31 bits per heavy atom. The molecule has 4 nitrogen and oxygen atoms in total. The van der Waals surface area contributed by atoms with Gasteiger partial charge in [0.05, 0.1) is 0 Å². The topological polar surface area (TPSA) is 58.2 Å². The molecule has 2 saturated carbocycles. The van der Waals surface area contributed by atoms with Gasteiger partial charge in [-0.2, -0.15) is 0 Å². The van der Waals surface area contributed by atoms with Crippen LogP contribution < -0.4 is 10.6 Å². The van der Waals surface area contributed by atoms with E-state index in [4.69, 9.17) is 0 Å². The number of aryl methyl sites for hydroxylation is 2. The highest BCUT2D eigenvalue weighted by atomic mass is 16.2. The maximum atomic E-state index is 12.4. The van der Waals surface area contributed by atoms with Crippen molar-refractivity contribution in [2.24, 2.45) is 11.8 Å². The van der Waals surface area contributed by atoms with Crippen molar-refractivity contribution in [1.29, 1.82) is 0 Å². The van der Waals surface area contributed by atoms with E-state index in [2.05, 4.69) is 34.9 Å². The number of hydrogen-bond donors (Lipinski definition) is 2. The lowest BCUT2D eigenvalue weighted by molar-refractivity contribution is -0.122. The van der Waals surface area contributed by atoms with E-state index in [-0.39, 0.29) is 11.8 Å². The molecule has 0 aliphatic heterocycles. The second-order valence-corrected chi connectivity index (χ2v) is 10.8. The Balaban J connectivity index is 1.06. The average Bonchev–Trinajstić information content (AvgIpc) is 2.90. The van der Waals surface area contributed by atoms with Crippen molar-refractivity contribution in [1.82, 2.24) is 10.6 Å². The van der Waals surface area contributed by atoms with Crippen LogP contribution in [0.1, 0.15) is 81.8 Å². The van der Waals surface area contributed by atoms with Gasteiger partial charge >= 0.3 is 0 Å². The van der Waals surface area contributed by atoms with Gasteiger partial charge in [-0.1, -0.05) is 60.7 Å². The standard InChI is InChI=1S/C31H42N2O2/c34-30(21-15-24-7-3-1-4-8-24)32-28-17-11-26(12-18-28)23-27-13-19-29(20-14-27)33-31(35)22-16-25-9-5-2-6-10-25/h1-10,26-29H,11-23H2,(H,32,34)(H,33,35). The zero-order valence-corrected chi connectivity index (χ0v) is 21.1. The monoisotopic (exact) mass is 474 g/mol. The van der Waals surface area contributed by atoms with Gasteiger partial charge < -0.3 is 10.6 Å². The Kier molecular flexibility index (Phi) is 9.80. The van der Waals surface area contributed by atoms with Gasteiger partial charge in [0, 0.05) is 24.9 Å². The lowest BCUT2D eigenvalue weighted by Gasteiger charge is -2.34. The summed E-state index contributed by atoms with van der Waals surface area (Å²) in [6, 6.07) is 21.2. The predicted molar refractivity (Wildman–Crippen MR) is 142 cm³/mol. The Labute approximate surface area is 211 Å². The second kappa shape index (κ2) is 13.5. The normalized spacial score (nSPS) is 24.5. The van der Waals surface area contributed by atoms with Gasteiger partial charge in [0.1, 0.15) is 0 Å². The van der Waals surface area contributed by atoms with Crippen LogP contribution in [0.3, 0.4) is 0 Å². The summed E-state index contributed by atoms with van der Waals surface area (Å²) in [5.41, 5.74) is 2.46. The van der Waals surface area contributed by atoms with Crippen molar-refractivity contribution >= 4 is 11.8 Å². The van der Waals surface area contributed by atoms with E-state index in [0.29, 0.717) is 24.9 Å². The molecule has 0 heterocycles. The molecule has 2 aliphatic rings. The predicted octanol–water partition coefficient (Wildman–Crippen LogP) is 5.99. The average molecular weight is 475 g/mol. The third kappa shape index (κ3) is 8.83. The van der Waals surface area contributed by atoms with Crippen LogP contribution in [0, 0.1) is 11.8 Å². The van der Waals surface area contributed by atoms with Gasteiger partial charge in [0.15, 0.2) is 0 Å². The third-order valence-corrected chi connectivity index (χ3v) is 8.06. The van der Waals surface area contributed by atoms with Crippen LogP contribution in [0.2, 0.25) is 0 Å². The molecular weight excluding hydrogens is 432 g/mol. The first-order chi connectivity index (χ1) is 17.1. The van der Waals surface area contributed by atoms with Gasteiger partial charge in [-0.25, -0.2) is 0 Å². The van der Waals surface area contributed by atoms with Crippen LogP contribution in [0.15, 0.2) is 60.7 Å². The summed E-state index contributed by atoms with van der Waals surface area (Å²) < 4.78 is 0. The number of nitrogens with one attached hydrogen (secondary N) is 2. The molecule has 4 rings (SSSR count). The van der Waals surface area contributed by atoms with E-state index in [0.717, 1.165) is 50.4 Å². The van der Waals surface area contributed by atoms with Crippen LogP contribution in [-0.4, -0.2) is 23.9 Å². The van der Waals surface area contributed by atoms with E-state index in [9.17, 15) is 9.59 Å². The molecule has 0 bridgehead atoms. The van der Waals surface area contributed by atoms with E-state index >= 15 is 0 Å². The molecule has 0 spiro atoms. The summed E-state index contributed by atoms with van der Waals surface area (Å²) >= 11 is 0. The molecule has 2 aliphatic carbocycles. The molecule has 2 N–H and O–H groups in total. The highest BCUT2D eigenvalue weighted by Gasteiger charge is 2.28. The fourth-order valence-electron chi connectivity index (χ4n) is 5.96. The van der Waals surface area contributed by atoms with Crippen LogP contribution in [-0.2, 0) is 22.4 Å². The summed E-state index contributed by atoms with van der Waals surface area (Å²) in [5, 5.41) is 6.56. The first-order valence-corrected chi connectivity index (χ1v) is 13.8. The van der Waals surface area contributed by atoms with Crippen LogP contribution in [0.4, 0.5) is 0 Å². The molecule has 0 unspecified atom stereocenters. The zero-order chi connectivity index (χ0) is 24.3. The molecule has 4 heteroatoms. The molecule has 35 heavy (non-hydrogen) atoms. The Morgan fingerprint density at radius 1 is 0.571 bits per heavy atom. The first-order valence-electron chi connectivity index (χ1n) is 13.8. The van der Waals surface area contributed by atoms with Gasteiger partial charge in [-0.3, -0.25) is 9.59 Å². The molecule has 0 radical (unpaired) electrons. The van der Waals surface area contributed by atoms with Gasteiger partial charge in [0.25, 0.3) is 0 Å². The van der Waals surface area contributed by atoms with E-state index < -0.39 is 0 Å². The highest BCUT2D eigenvalue weighted by molar-refractivity contribution is 5.77. The van der Waals surface area contributed by atoms with Gasteiger partial charge in [0.2, 0.25) is 11.8 Å². The summed E-state index contributed by atoms with van der Waals surface area (Å²) in [7, 11) is 0. The lowest BCUT2D eigenvalue weighted by atomic mass is 9.75. The Morgan fingerprint density at radius 2 is 0.943 bits per heavy atom. The van der Waals surface area contributed by atoms with Crippen LogP contribution in [0.5, 0.6) is 0 Å². The van der Waals surface area contributed by atoms with Gasteiger partial charge in [-0.15, -0.1) is 0 Å². The van der Waals surface area contributed by atoms with E-state index in [1.807, 2.05) is 36.4 Å². The maximum Gasteiger partial charge on any atom is 0.220 e. The number of carbonyl (C=O) groups excluding carboxylic acids is 2. The molecule has 2 amide bonds. The molecule has 2 aromatic rings. The Bertz CT molecular complexity index is 823. The number of carbonyl (C=O) groups is 2. The fraction of sp³-hybridized carbons (Fsp3) is 0.548. The fourth-order valence-corrected chi connectivity index (χ4v) is 5.96. The zero-order valence-electron chi connectivity index (χ0n) is 21.1. The smallest absolute Gasteiger partial charge is 0.220 e. The van der Waals surface area contributed by atoms with Crippen LogP contribution >= 0.6 is 0 Å². The van der Waals surface area contributed by atoms with Crippen molar-refractivity contribution in [3.05, 3.63) is 71.8 Å². The quantitative estimate of drug-likeness (QED) is 0.444. The summed E-state index contributed by atoms with van der Waals surface area (Å²) in [6.45, 7) is 0. The molecule has 0 atom stereocenters. The van der Waals surface area contributed by atoms with Crippen molar-refractivity contribution in [2.75, 3.05) is 0 Å². The minimum atomic E-state index is 0.196. The number of benzene rings is 2. The van der Waals surface area contributed by atoms with Crippen molar-refractivity contribution in [3.8, 4) is 0 Å². The van der Waals surface area contributed by atoms with Crippen LogP contribution in [0.25, 0.3) is 0 Å². The molecule has 0 saturated heterocycles. The number of hydrogen-bond acceptors (Lipinski definition) is 2. The molecule has 2 fully saturated rings. The van der Waals surface area contributed by atoms with Crippen molar-refractivity contribution in [3.63, 3.8) is 0 Å². The summed E-state index contributed by atoms with van der Waals surface area (Å²) in [6.07, 6.45) is 13.5. The molecular formula is C31H42N2O2. The minimum absolute atomic E-state index is 0.196. The molecule has 2 aromatic carbocycles. The van der Waals surface area contributed by atoms with Crippen molar-refractivity contribution < 1.29 is 9.59 Å². The maximum absolute atomic E-state index is 12.4. The van der Waals surface area contributed by atoms with E-state index in [1.165, 1.54) is 43.2 Å². The number of rotatable bonds is 10. The first kappa shape index (κ1) is 25.5. The lowest BCUT2D eigenvalue weighted by Crippen LogP contribution is -2.39. The minimum Gasteiger partial charge on any atom is -0.353 e. The highest BCUT2D eigenvalue weighted by Crippen LogP contribution is 2.35. The molecule has 188 valence electrons. The third-order valence-electron chi connectivity index (χ3n) is 8.06. The van der Waals surface area contributed by atoms with E-state index in [1.54, 1.807) is 0 Å². The largest absolute Gasteiger partial charge is 0.353 e. The Hall–Kier alpha value is -2.62. The summed E-state index contributed by atoms with van der Waals surface area (Å²) in [5.74, 6) is 1.99. The second-order valence-electron chi connectivity index (χ2n) is 10.8. The SMILES string of the molecule is O=C(CCc1ccccc1)NC1CCC(CC2CCC(NC(=O)CCc3ccccc3)CC2)CC1. The molecule has 0 aromatic heterocycles. The number of amides is 2. The van der Waals surface area contributed by atoms with Gasteiger partial charge in [-0.05, 0) is 93.6 Å².